The van der Waals surface area contributed by atoms with Crippen LogP contribution in [0.5, 0.6) is 5.75 Å². The van der Waals surface area contributed by atoms with Crippen molar-refractivity contribution >= 4 is 27.5 Å². The topological polar surface area (TPSA) is 129 Å². The van der Waals surface area contributed by atoms with Gasteiger partial charge >= 0.3 is 11.7 Å². The molecule has 0 spiro atoms. The standard InChI is InChI=1S/C22H21FN4O5S.C3H8O/c1-12-17-18(28)27(13(2)21(29)30)22(31)25(20(17)33-19(12)26-9-4-8-24-26)10-7-14-11-15(23)5-6-16(14)32-3;1-3(2)4/h4-6,8-9,11,13H,7,10H2,1-3H3,(H,29,30);3-4H,1-2H3. The average molecular weight is 533 g/mol. The smallest absolute Gasteiger partial charge is 0.332 e. The lowest BCUT2D eigenvalue weighted by molar-refractivity contribution is -0.140. The van der Waals surface area contributed by atoms with Gasteiger partial charge in [0, 0.05) is 30.6 Å². The molecule has 1 atom stereocenters. The van der Waals surface area contributed by atoms with E-state index in [4.69, 9.17) is 9.84 Å². The number of aliphatic carboxylic acids is 1. The van der Waals surface area contributed by atoms with Crippen molar-refractivity contribution in [1.82, 2.24) is 18.9 Å². The van der Waals surface area contributed by atoms with E-state index >= 15 is 0 Å². The summed E-state index contributed by atoms with van der Waals surface area (Å²) in [4.78, 5) is 38.7. The van der Waals surface area contributed by atoms with E-state index in [0.717, 1.165) is 4.57 Å². The van der Waals surface area contributed by atoms with E-state index in [-0.39, 0.29) is 24.5 Å². The molecule has 1 unspecified atom stereocenters. The third-order valence-corrected chi connectivity index (χ3v) is 6.83. The molecule has 0 aliphatic heterocycles. The number of aliphatic hydroxyl groups is 1. The van der Waals surface area contributed by atoms with Gasteiger partial charge < -0.3 is 14.9 Å². The van der Waals surface area contributed by atoms with Crippen molar-refractivity contribution in [3.63, 3.8) is 0 Å². The lowest BCUT2D eigenvalue weighted by atomic mass is 10.1. The Balaban J connectivity index is 0.000000886. The summed E-state index contributed by atoms with van der Waals surface area (Å²) in [5.41, 5.74) is -0.281. The monoisotopic (exact) mass is 532 g/mol. The molecule has 12 heteroatoms. The number of aryl methyl sites for hydroxylation is 3. The second-order valence-corrected chi connectivity index (χ2v) is 9.56. The molecule has 0 fully saturated rings. The van der Waals surface area contributed by atoms with Gasteiger partial charge in [-0.3, -0.25) is 9.36 Å². The minimum atomic E-state index is -1.36. The number of carboxylic acids is 1. The van der Waals surface area contributed by atoms with Gasteiger partial charge in [-0.05, 0) is 63.9 Å². The highest BCUT2D eigenvalue weighted by Gasteiger charge is 2.26. The Kier molecular flexibility index (Phi) is 8.66. The number of halogens is 1. The molecule has 10 nitrogen and oxygen atoms in total. The maximum absolute atomic E-state index is 13.8. The van der Waals surface area contributed by atoms with Crippen LogP contribution in [0.1, 0.15) is 37.9 Å². The minimum Gasteiger partial charge on any atom is -0.496 e. The highest BCUT2D eigenvalue weighted by atomic mass is 32.1. The number of hydrogen-bond acceptors (Lipinski definition) is 7. The van der Waals surface area contributed by atoms with Crippen LogP contribution < -0.4 is 16.0 Å². The molecule has 2 N–H and O–H groups in total. The van der Waals surface area contributed by atoms with Gasteiger partial charge in [0.25, 0.3) is 5.56 Å². The Morgan fingerprint density at radius 3 is 2.49 bits per heavy atom. The van der Waals surface area contributed by atoms with E-state index < -0.39 is 29.1 Å². The normalized spacial score (nSPS) is 11.9. The van der Waals surface area contributed by atoms with Crippen LogP contribution in [-0.2, 0) is 17.8 Å². The predicted octanol–water partition coefficient (Wildman–Crippen LogP) is 3.14. The summed E-state index contributed by atoms with van der Waals surface area (Å²) < 4.78 is 22.8. The van der Waals surface area contributed by atoms with E-state index in [1.165, 1.54) is 48.1 Å². The molecule has 0 radical (unpaired) electrons. The Morgan fingerprint density at radius 1 is 1.24 bits per heavy atom. The molecule has 0 saturated carbocycles. The van der Waals surface area contributed by atoms with Crippen LogP contribution >= 0.6 is 11.3 Å². The second-order valence-electron chi connectivity index (χ2n) is 8.59. The quantitative estimate of drug-likeness (QED) is 0.374. The molecular formula is C25H29FN4O6S. The number of thiophene rings is 1. The number of ether oxygens (including phenoxy) is 1. The lowest BCUT2D eigenvalue weighted by Gasteiger charge is -2.15. The van der Waals surface area contributed by atoms with Crippen molar-refractivity contribution < 1.29 is 24.1 Å². The minimum absolute atomic E-state index is 0.0836. The molecule has 37 heavy (non-hydrogen) atoms. The molecule has 4 aromatic rings. The highest BCUT2D eigenvalue weighted by molar-refractivity contribution is 7.21. The third-order valence-electron chi connectivity index (χ3n) is 5.52. The molecule has 1 aromatic carbocycles. The third kappa shape index (κ3) is 5.81. The summed E-state index contributed by atoms with van der Waals surface area (Å²) in [6, 6.07) is 4.47. The molecule has 198 valence electrons. The van der Waals surface area contributed by atoms with Crippen molar-refractivity contribution in [2.75, 3.05) is 7.11 Å². The van der Waals surface area contributed by atoms with Crippen LogP contribution in [0.2, 0.25) is 0 Å². The molecule has 0 aliphatic carbocycles. The zero-order valence-corrected chi connectivity index (χ0v) is 22.0. The van der Waals surface area contributed by atoms with Gasteiger partial charge in [0.05, 0.1) is 12.5 Å². The fraction of sp³-hybridized carbons (Fsp3) is 0.360. The first kappa shape index (κ1) is 27.8. The SMILES string of the molecule is CC(C)O.COc1ccc(F)cc1CCn1c(=O)n(C(C)C(=O)O)c(=O)c2c(C)c(-n3cccn3)sc21. The van der Waals surface area contributed by atoms with Crippen LogP contribution in [0.25, 0.3) is 15.2 Å². The predicted molar refractivity (Wildman–Crippen MR) is 139 cm³/mol. The van der Waals surface area contributed by atoms with Crippen molar-refractivity contribution in [1.29, 1.82) is 0 Å². The molecule has 0 amide bonds. The summed E-state index contributed by atoms with van der Waals surface area (Å²) in [7, 11) is 1.47. The molecule has 3 aromatic heterocycles. The molecule has 0 bridgehead atoms. The van der Waals surface area contributed by atoms with Gasteiger partial charge in [-0.25, -0.2) is 23.2 Å². The van der Waals surface area contributed by atoms with E-state index in [1.54, 1.807) is 43.9 Å². The second kappa shape index (κ2) is 11.5. The summed E-state index contributed by atoms with van der Waals surface area (Å²) >= 11 is 1.21. The van der Waals surface area contributed by atoms with Gasteiger partial charge in [0.15, 0.2) is 0 Å². The highest BCUT2D eigenvalue weighted by Crippen LogP contribution is 2.31. The zero-order valence-electron chi connectivity index (χ0n) is 21.1. The molecule has 0 aliphatic rings. The zero-order chi connectivity index (χ0) is 27.4. The van der Waals surface area contributed by atoms with E-state index in [9.17, 15) is 23.9 Å². The van der Waals surface area contributed by atoms with Crippen molar-refractivity contribution in [3.05, 3.63) is 74.4 Å². The Bertz CT molecular complexity index is 1520. The molecule has 0 saturated heterocycles. The molecule has 4 rings (SSSR count). The summed E-state index contributed by atoms with van der Waals surface area (Å²) in [5.74, 6) is -1.28. The number of rotatable bonds is 7. The first-order chi connectivity index (χ1) is 17.5. The Hall–Kier alpha value is -3.77. The van der Waals surface area contributed by atoms with Crippen molar-refractivity contribution in [2.45, 2.75) is 52.8 Å². The van der Waals surface area contributed by atoms with Gasteiger partial charge in [-0.2, -0.15) is 5.10 Å². The van der Waals surface area contributed by atoms with Crippen LogP contribution in [0.15, 0.2) is 46.2 Å². The summed E-state index contributed by atoms with van der Waals surface area (Å²) in [5, 5.41) is 22.7. The Morgan fingerprint density at radius 2 is 1.92 bits per heavy atom. The van der Waals surface area contributed by atoms with Crippen LogP contribution in [0.3, 0.4) is 0 Å². The van der Waals surface area contributed by atoms with Crippen LogP contribution in [0, 0.1) is 12.7 Å². The van der Waals surface area contributed by atoms with Gasteiger partial charge in [-0.15, -0.1) is 0 Å². The number of carboxylic acid groups (broad SMARTS) is 1. The van der Waals surface area contributed by atoms with E-state index in [2.05, 4.69) is 5.10 Å². The van der Waals surface area contributed by atoms with Gasteiger partial charge in [0.2, 0.25) is 0 Å². The molecule has 3 heterocycles. The Labute approximate surface area is 215 Å². The van der Waals surface area contributed by atoms with Crippen LogP contribution in [0.4, 0.5) is 4.39 Å². The average Bonchev–Trinajstić information content (AvgIpc) is 3.47. The van der Waals surface area contributed by atoms with E-state index in [0.29, 0.717) is 26.7 Å². The lowest BCUT2D eigenvalue weighted by Crippen LogP contribution is -2.43. The maximum atomic E-state index is 13.8. The number of methoxy groups -OCH3 is 1. The first-order valence-electron chi connectivity index (χ1n) is 11.5. The number of hydrogen-bond donors (Lipinski definition) is 2. The maximum Gasteiger partial charge on any atom is 0.332 e. The largest absolute Gasteiger partial charge is 0.496 e. The fourth-order valence-corrected chi connectivity index (χ4v) is 5.05. The number of carbonyl (C=O) groups is 1. The fourth-order valence-electron chi connectivity index (χ4n) is 3.78. The van der Waals surface area contributed by atoms with E-state index in [1.807, 2.05) is 0 Å². The number of fused-ring (bicyclic) bond motifs is 1. The number of aliphatic hydroxyl groups excluding tert-OH is 1. The first-order valence-corrected chi connectivity index (χ1v) is 12.3. The van der Waals surface area contributed by atoms with Gasteiger partial charge in [-0.1, -0.05) is 11.3 Å². The molecular weight excluding hydrogens is 503 g/mol. The van der Waals surface area contributed by atoms with Crippen LogP contribution in [-0.4, -0.2) is 48.3 Å². The van der Waals surface area contributed by atoms with Gasteiger partial charge in [0.1, 0.15) is 27.4 Å². The van der Waals surface area contributed by atoms with Crippen molar-refractivity contribution in [2.24, 2.45) is 0 Å². The van der Waals surface area contributed by atoms with Crippen molar-refractivity contribution in [3.8, 4) is 10.8 Å². The summed E-state index contributed by atoms with van der Waals surface area (Å²) in [6.45, 7) is 6.55. The number of aromatic nitrogens is 4. The number of benzene rings is 1. The number of nitrogens with zero attached hydrogens (tertiary/aromatic N) is 4. The summed E-state index contributed by atoms with van der Waals surface area (Å²) in [6.07, 6.45) is 3.37.